The van der Waals surface area contributed by atoms with Crippen LogP contribution >= 0.6 is 11.6 Å². The average Bonchev–Trinajstić information content (AvgIpc) is 2.74. The van der Waals surface area contributed by atoms with Gasteiger partial charge in [0.1, 0.15) is 0 Å². The summed E-state index contributed by atoms with van der Waals surface area (Å²) in [4.78, 5) is 0. The van der Waals surface area contributed by atoms with Crippen LogP contribution in [0.15, 0.2) is 6.20 Å². The Labute approximate surface area is 115 Å². The molecule has 1 aromatic rings. The summed E-state index contributed by atoms with van der Waals surface area (Å²) in [6.07, 6.45) is 3.77. The van der Waals surface area contributed by atoms with Gasteiger partial charge in [-0.25, -0.2) is 0 Å². The van der Waals surface area contributed by atoms with Crippen molar-refractivity contribution >= 4 is 11.6 Å². The summed E-state index contributed by atoms with van der Waals surface area (Å²) in [5, 5.41) is 8.52. The van der Waals surface area contributed by atoms with E-state index >= 15 is 0 Å². The van der Waals surface area contributed by atoms with Crippen LogP contribution in [0, 0.1) is 0 Å². The molecule has 0 aliphatic rings. The van der Waals surface area contributed by atoms with Crippen molar-refractivity contribution in [1.29, 1.82) is 0 Å². The van der Waals surface area contributed by atoms with Gasteiger partial charge in [-0.3, -0.25) is 4.68 Å². The zero-order chi connectivity index (χ0) is 13.4. The van der Waals surface area contributed by atoms with E-state index in [1.807, 2.05) is 11.6 Å². The van der Waals surface area contributed by atoms with E-state index in [4.69, 9.17) is 16.3 Å². The number of aryl methyl sites for hydroxylation is 1. The van der Waals surface area contributed by atoms with E-state index in [1.165, 1.54) is 0 Å². The Morgan fingerprint density at radius 3 is 2.83 bits per heavy atom. The minimum atomic E-state index is 0.255. The van der Waals surface area contributed by atoms with Gasteiger partial charge in [-0.1, -0.05) is 18.5 Å². The van der Waals surface area contributed by atoms with E-state index in [2.05, 4.69) is 24.3 Å². The first kappa shape index (κ1) is 15.5. The first-order valence-electron chi connectivity index (χ1n) is 6.76. The molecule has 0 bridgehead atoms. The largest absolute Gasteiger partial charge is 0.382 e. The third kappa shape index (κ3) is 4.26. The monoisotopic (exact) mass is 273 g/mol. The fourth-order valence-electron chi connectivity index (χ4n) is 2.09. The second kappa shape index (κ2) is 8.51. The summed E-state index contributed by atoms with van der Waals surface area (Å²) in [6, 6.07) is 0.255. The molecular formula is C13H24ClN3O. The minimum Gasteiger partial charge on any atom is -0.382 e. The predicted molar refractivity (Wildman–Crippen MR) is 75.1 cm³/mol. The minimum absolute atomic E-state index is 0.255. The lowest BCUT2D eigenvalue weighted by Crippen LogP contribution is -2.24. The summed E-state index contributed by atoms with van der Waals surface area (Å²) in [5.41, 5.74) is 1.09. The molecule has 0 saturated carbocycles. The van der Waals surface area contributed by atoms with Gasteiger partial charge in [0.15, 0.2) is 0 Å². The first-order chi connectivity index (χ1) is 8.74. The van der Waals surface area contributed by atoms with Crippen LogP contribution < -0.4 is 5.32 Å². The van der Waals surface area contributed by atoms with Gasteiger partial charge in [-0.15, -0.1) is 0 Å². The summed E-state index contributed by atoms with van der Waals surface area (Å²) < 4.78 is 7.35. The number of rotatable bonds is 9. The molecule has 1 rings (SSSR count). The molecule has 5 heteroatoms. The number of ether oxygens (including phenoxy) is 1. The highest BCUT2D eigenvalue weighted by molar-refractivity contribution is 6.31. The van der Waals surface area contributed by atoms with Crippen molar-refractivity contribution in [2.24, 2.45) is 0 Å². The zero-order valence-electron chi connectivity index (χ0n) is 11.6. The lowest BCUT2D eigenvalue weighted by molar-refractivity contribution is 0.140. The predicted octanol–water partition coefficient (Wildman–Crippen LogP) is 3.02. The number of halogens is 1. The Bertz CT molecular complexity index is 341. The van der Waals surface area contributed by atoms with E-state index in [0.29, 0.717) is 0 Å². The van der Waals surface area contributed by atoms with E-state index in [1.54, 1.807) is 6.20 Å². The third-order valence-corrected chi connectivity index (χ3v) is 3.19. The Morgan fingerprint density at radius 2 is 2.22 bits per heavy atom. The van der Waals surface area contributed by atoms with Crippen LogP contribution in [0.4, 0.5) is 0 Å². The summed E-state index contributed by atoms with van der Waals surface area (Å²) in [6.45, 7) is 9.55. The highest BCUT2D eigenvalue weighted by Gasteiger charge is 2.18. The first-order valence-corrected chi connectivity index (χ1v) is 7.14. The van der Waals surface area contributed by atoms with Crippen LogP contribution in [-0.2, 0) is 11.3 Å². The van der Waals surface area contributed by atoms with E-state index in [9.17, 15) is 0 Å². The van der Waals surface area contributed by atoms with Crippen molar-refractivity contribution in [3.63, 3.8) is 0 Å². The number of hydrogen-bond acceptors (Lipinski definition) is 3. The van der Waals surface area contributed by atoms with E-state index in [0.717, 1.165) is 49.9 Å². The van der Waals surface area contributed by atoms with Crippen LogP contribution in [0.5, 0.6) is 0 Å². The molecule has 0 radical (unpaired) electrons. The number of aromatic nitrogens is 2. The Morgan fingerprint density at radius 1 is 1.44 bits per heavy atom. The van der Waals surface area contributed by atoms with Crippen LogP contribution in [0.2, 0.25) is 5.02 Å². The van der Waals surface area contributed by atoms with Gasteiger partial charge in [0.2, 0.25) is 0 Å². The van der Waals surface area contributed by atoms with Crippen molar-refractivity contribution in [1.82, 2.24) is 15.1 Å². The van der Waals surface area contributed by atoms with Gasteiger partial charge < -0.3 is 10.1 Å². The van der Waals surface area contributed by atoms with Crippen molar-refractivity contribution in [3.8, 4) is 0 Å². The quantitative estimate of drug-likeness (QED) is 0.703. The smallest absolute Gasteiger partial charge is 0.0834 e. The van der Waals surface area contributed by atoms with Crippen LogP contribution in [-0.4, -0.2) is 29.5 Å². The van der Waals surface area contributed by atoms with Crippen molar-refractivity contribution in [2.45, 2.75) is 46.2 Å². The molecule has 0 aromatic carbocycles. The SMILES string of the molecule is CCNC(CCCOCC)c1c(Cl)cnn1CC. The fourth-order valence-corrected chi connectivity index (χ4v) is 2.36. The van der Waals surface area contributed by atoms with Gasteiger partial charge in [-0.05, 0) is 33.2 Å². The van der Waals surface area contributed by atoms with Crippen molar-refractivity contribution < 1.29 is 4.74 Å². The molecule has 104 valence electrons. The summed E-state index contributed by atoms with van der Waals surface area (Å²) in [7, 11) is 0. The van der Waals surface area contributed by atoms with Gasteiger partial charge >= 0.3 is 0 Å². The zero-order valence-corrected chi connectivity index (χ0v) is 12.3. The molecule has 1 heterocycles. The maximum atomic E-state index is 6.24. The third-order valence-electron chi connectivity index (χ3n) is 2.90. The highest BCUT2D eigenvalue weighted by atomic mass is 35.5. The maximum Gasteiger partial charge on any atom is 0.0834 e. The van der Waals surface area contributed by atoms with Gasteiger partial charge in [-0.2, -0.15) is 5.10 Å². The van der Waals surface area contributed by atoms with Crippen LogP contribution in [0.3, 0.4) is 0 Å². The van der Waals surface area contributed by atoms with Crippen LogP contribution in [0.25, 0.3) is 0 Å². The van der Waals surface area contributed by atoms with Crippen LogP contribution in [0.1, 0.15) is 45.3 Å². The highest BCUT2D eigenvalue weighted by Crippen LogP contribution is 2.26. The second-order valence-electron chi connectivity index (χ2n) is 4.14. The molecule has 1 unspecified atom stereocenters. The molecule has 18 heavy (non-hydrogen) atoms. The molecule has 4 nitrogen and oxygen atoms in total. The molecule has 0 fully saturated rings. The summed E-state index contributed by atoms with van der Waals surface area (Å²) >= 11 is 6.24. The average molecular weight is 274 g/mol. The van der Waals surface area contributed by atoms with E-state index in [-0.39, 0.29) is 6.04 Å². The molecule has 1 N–H and O–H groups in total. The molecule has 1 aromatic heterocycles. The van der Waals surface area contributed by atoms with Gasteiger partial charge in [0, 0.05) is 19.8 Å². The topological polar surface area (TPSA) is 39.1 Å². The van der Waals surface area contributed by atoms with Gasteiger partial charge in [0.25, 0.3) is 0 Å². The Kier molecular flexibility index (Phi) is 7.32. The number of nitrogens with one attached hydrogen (secondary N) is 1. The maximum absolute atomic E-state index is 6.24. The molecule has 1 atom stereocenters. The molecule has 0 aliphatic carbocycles. The molecule has 0 spiro atoms. The Balaban J connectivity index is 2.67. The number of hydrogen-bond donors (Lipinski definition) is 1. The van der Waals surface area contributed by atoms with Crippen molar-refractivity contribution in [3.05, 3.63) is 16.9 Å². The lowest BCUT2D eigenvalue weighted by atomic mass is 10.1. The normalized spacial score (nSPS) is 12.9. The standard InChI is InChI=1S/C13H24ClN3O/c1-4-15-12(8-7-9-18-6-3)13-11(14)10-16-17(13)5-2/h10,12,15H,4-9H2,1-3H3. The lowest BCUT2D eigenvalue weighted by Gasteiger charge is -2.19. The molecule has 0 aliphatic heterocycles. The molecular weight excluding hydrogens is 250 g/mol. The van der Waals surface area contributed by atoms with E-state index < -0.39 is 0 Å². The Hall–Kier alpha value is -0.580. The number of nitrogens with zero attached hydrogens (tertiary/aromatic N) is 2. The summed E-state index contributed by atoms with van der Waals surface area (Å²) in [5.74, 6) is 0. The van der Waals surface area contributed by atoms with Gasteiger partial charge in [0.05, 0.1) is 23.0 Å². The molecule has 0 saturated heterocycles. The fraction of sp³-hybridized carbons (Fsp3) is 0.769. The van der Waals surface area contributed by atoms with Crippen molar-refractivity contribution in [2.75, 3.05) is 19.8 Å². The molecule has 0 amide bonds. The second-order valence-corrected chi connectivity index (χ2v) is 4.55.